The van der Waals surface area contributed by atoms with Crippen molar-refractivity contribution in [2.45, 2.75) is 25.5 Å². The van der Waals surface area contributed by atoms with Crippen molar-refractivity contribution in [2.24, 2.45) is 0 Å². The molecular formula is C7H10NO3. The highest BCUT2D eigenvalue weighted by Gasteiger charge is 2.34. The van der Waals surface area contributed by atoms with E-state index in [-0.39, 0.29) is 5.91 Å². The third kappa shape index (κ3) is 1.40. The lowest BCUT2D eigenvalue weighted by Gasteiger charge is -2.18. The monoisotopic (exact) mass is 156 g/mol. The van der Waals surface area contributed by atoms with Crippen molar-refractivity contribution in [3.05, 3.63) is 0 Å². The maximum absolute atomic E-state index is 10.8. The van der Waals surface area contributed by atoms with E-state index in [4.69, 9.17) is 5.11 Å². The molecule has 0 spiro atoms. The second-order valence-electron chi connectivity index (χ2n) is 2.63. The molecule has 1 rings (SSSR count). The molecule has 4 heteroatoms. The van der Waals surface area contributed by atoms with E-state index in [2.05, 4.69) is 0 Å². The summed E-state index contributed by atoms with van der Waals surface area (Å²) in [6.45, 7) is 1.83. The van der Waals surface area contributed by atoms with Gasteiger partial charge in [-0.1, -0.05) is 0 Å². The molecular weight excluding hydrogens is 146 g/mol. The highest BCUT2D eigenvalue weighted by molar-refractivity contribution is 5.78. The van der Waals surface area contributed by atoms with Crippen LogP contribution in [0.4, 0.5) is 0 Å². The summed E-state index contributed by atoms with van der Waals surface area (Å²) >= 11 is 0. The van der Waals surface area contributed by atoms with Gasteiger partial charge in [0.1, 0.15) is 6.04 Å². The third-order valence-electron chi connectivity index (χ3n) is 1.89. The number of carbonyl (C=O) groups is 1. The fraction of sp³-hybridized carbons (Fsp3) is 0.714. The van der Waals surface area contributed by atoms with E-state index >= 15 is 0 Å². The maximum Gasteiger partial charge on any atom is 0.225 e. The molecule has 1 radical (unpaired) electrons. The molecule has 61 valence electrons. The second kappa shape index (κ2) is 3.00. The highest BCUT2D eigenvalue weighted by Crippen LogP contribution is 2.15. The van der Waals surface area contributed by atoms with E-state index < -0.39 is 12.1 Å². The van der Waals surface area contributed by atoms with Crippen molar-refractivity contribution in [3.8, 4) is 0 Å². The quantitative estimate of drug-likeness (QED) is 0.534. The smallest absolute Gasteiger partial charge is 0.225 e. The molecule has 1 N–H and O–H groups in total. The molecule has 1 aliphatic heterocycles. The van der Waals surface area contributed by atoms with Gasteiger partial charge >= 0.3 is 0 Å². The van der Waals surface area contributed by atoms with E-state index in [0.29, 0.717) is 13.0 Å². The van der Waals surface area contributed by atoms with Crippen LogP contribution in [0.15, 0.2) is 0 Å². The lowest BCUT2D eigenvalue weighted by atomic mass is 10.2. The molecule has 1 unspecified atom stereocenters. The first kappa shape index (κ1) is 8.20. The molecule has 1 amide bonds. The second-order valence-corrected chi connectivity index (χ2v) is 2.63. The lowest BCUT2D eigenvalue weighted by molar-refractivity contribution is -0.129. The van der Waals surface area contributed by atoms with Gasteiger partial charge in [-0.2, -0.15) is 0 Å². The zero-order valence-corrected chi connectivity index (χ0v) is 6.28. The van der Waals surface area contributed by atoms with E-state index in [1.807, 2.05) is 0 Å². The first-order chi connectivity index (χ1) is 5.16. The Labute approximate surface area is 64.8 Å². The predicted molar refractivity (Wildman–Crippen MR) is 37.5 cm³/mol. The number of aliphatic hydroxyl groups is 1. The molecule has 1 heterocycles. The molecule has 0 aromatic heterocycles. The van der Waals surface area contributed by atoms with Crippen molar-refractivity contribution < 1.29 is 14.7 Å². The van der Waals surface area contributed by atoms with Crippen LogP contribution in [-0.2, 0) is 9.59 Å². The van der Waals surface area contributed by atoms with Gasteiger partial charge in [0.25, 0.3) is 0 Å². The Bertz CT molecular complexity index is 181. The minimum absolute atomic E-state index is 0.185. The summed E-state index contributed by atoms with van der Waals surface area (Å²) in [5.41, 5.74) is 0. The molecule has 0 aliphatic carbocycles. The predicted octanol–water partition coefficient (Wildman–Crippen LogP) is -0.922. The number of rotatable bonds is 1. The number of hydrogen-bond acceptors (Lipinski definition) is 3. The maximum atomic E-state index is 10.8. The van der Waals surface area contributed by atoms with Crippen LogP contribution in [0.1, 0.15) is 13.3 Å². The molecule has 1 aliphatic rings. The van der Waals surface area contributed by atoms with Crippen molar-refractivity contribution >= 4 is 12.2 Å². The third-order valence-corrected chi connectivity index (χ3v) is 1.89. The normalized spacial score (nSPS) is 30.5. The van der Waals surface area contributed by atoms with Crippen LogP contribution >= 0.6 is 0 Å². The van der Waals surface area contributed by atoms with E-state index in [1.165, 1.54) is 11.8 Å². The molecule has 0 aromatic rings. The van der Waals surface area contributed by atoms with Gasteiger partial charge in [-0.3, -0.25) is 9.59 Å². The van der Waals surface area contributed by atoms with Crippen LogP contribution in [0.3, 0.4) is 0 Å². The van der Waals surface area contributed by atoms with Crippen LogP contribution in [-0.4, -0.2) is 40.9 Å². The average Bonchev–Trinajstić information content (AvgIpc) is 2.30. The Morgan fingerprint density at radius 1 is 1.73 bits per heavy atom. The van der Waals surface area contributed by atoms with Crippen molar-refractivity contribution in [1.82, 2.24) is 4.90 Å². The Kier molecular flexibility index (Phi) is 2.24. The Balaban J connectivity index is 2.68. The number of carbonyl (C=O) groups excluding carboxylic acids is 2. The Morgan fingerprint density at radius 3 is 2.73 bits per heavy atom. The van der Waals surface area contributed by atoms with Crippen LogP contribution in [0, 0.1) is 0 Å². The fourth-order valence-corrected chi connectivity index (χ4v) is 1.27. The SMILES string of the molecule is CC(=O)N1CCC(O)[C@H]1[C]=O. The van der Waals surface area contributed by atoms with Gasteiger partial charge in [-0.05, 0) is 6.42 Å². The zero-order chi connectivity index (χ0) is 8.43. The first-order valence-corrected chi connectivity index (χ1v) is 3.49. The van der Waals surface area contributed by atoms with Gasteiger partial charge in [0, 0.05) is 13.5 Å². The highest BCUT2D eigenvalue weighted by atomic mass is 16.3. The summed E-state index contributed by atoms with van der Waals surface area (Å²) in [5, 5.41) is 9.15. The van der Waals surface area contributed by atoms with Crippen LogP contribution in [0.2, 0.25) is 0 Å². The van der Waals surface area contributed by atoms with Gasteiger partial charge < -0.3 is 10.0 Å². The molecule has 1 saturated heterocycles. The average molecular weight is 156 g/mol. The van der Waals surface area contributed by atoms with Crippen LogP contribution in [0.5, 0.6) is 0 Å². The van der Waals surface area contributed by atoms with Crippen molar-refractivity contribution in [3.63, 3.8) is 0 Å². The molecule has 2 atom stereocenters. The number of hydrogen-bond donors (Lipinski definition) is 1. The summed E-state index contributed by atoms with van der Waals surface area (Å²) in [7, 11) is 0. The molecule has 0 bridgehead atoms. The summed E-state index contributed by atoms with van der Waals surface area (Å²) in [6, 6.07) is -0.743. The van der Waals surface area contributed by atoms with Crippen LogP contribution < -0.4 is 0 Å². The Morgan fingerprint density at radius 2 is 2.36 bits per heavy atom. The number of nitrogens with zero attached hydrogens (tertiary/aromatic N) is 1. The minimum Gasteiger partial charge on any atom is -0.390 e. The molecule has 1 fully saturated rings. The summed E-state index contributed by atoms with van der Waals surface area (Å²) in [4.78, 5) is 22.4. The van der Waals surface area contributed by atoms with Gasteiger partial charge in [0.15, 0.2) is 0 Å². The van der Waals surface area contributed by atoms with E-state index in [9.17, 15) is 9.59 Å². The van der Waals surface area contributed by atoms with E-state index in [1.54, 1.807) is 6.29 Å². The fourth-order valence-electron chi connectivity index (χ4n) is 1.27. The zero-order valence-electron chi connectivity index (χ0n) is 6.28. The molecule has 0 aromatic carbocycles. The molecule has 11 heavy (non-hydrogen) atoms. The van der Waals surface area contributed by atoms with Crippen molar-refractivity contribution in [1.29, 1.82) is 0 Å². The standard InChI is InChI=1S/C7H10NO3/c1-5(10)8-3-2-7(11)6(8)4-9/h6-7,11H,2-3H2,1H3/t6-,7?/m1/s1. The van der Waals surface area contributed by atoms with E-state index in [0.717, 1.165) is 0 Å². The number of aliphatic hydroxyl groups excluding tert-OH is 1. The van der Waals surface area contributed by atoms with Gasteiger partial charge in [0.05, 0.1) is 6.10 Å². The van der Waals surface area contributed by atoms with Crippen molar-refractivity contribution in [2.75, 3.05) is 6.54 Å². The summed E-state index contributed by atoms with van der Waals surface area (Å²) in [6.07, 6.45) is 1.40. The van der Waals surface area contributed by atoms with Crippen LogP contribution in [0.25, 0.3) is 0 Å². The molecule has 4 nitrogen and oxygen atoms in total. The summed E-state index contributed by atoms with van der Waals surface area (Å²) < 4.78 is 0. The number of amides is 1. The molecule has 0 saturated carbocycles. The summed E-state index contributed by atoms with van der Waals surface area (Å²) in [5.74, 6) is -0.185. The topological polar surface area (TPSA) is 57.6 Å². The largest absolute Gasteiger partial charge is 0.390 e. The lowest BCUT2D eigenvalue weighted by Crippen LogP contribution is -2.39. The minimum atomic E-state index is -0.743. The van der Waals surface area contributed by atoms with Gasteiger partial charge in [-0.15, -0.1) is 0 Å². The van der Waals surface area contributed by atoms with Gasteiger partial charge in [0.2, 0.25) is 12.2 Å². The Hall–Kier alpha value is -0.900. The first-order valence-electron chi connectivity index (χ1n) is 3.49. The number of likely N-dealkylation sites (tertiary alicyclic amines) is 1. The van der Waals surface area contributed by atoms with Gasteiger partial charge in [-0.25, -0.2) is 0 Å².